The largest absolute Gasteiger partial charge is 0.315 e. The van der Waals surface area contributed by atoms with E-state index in [0.29, 0.717) is 30.7 Å². The van der Waals surface area contributed by atoms with Gasteiger partial charge in [0.2, 0.25) is 5.95 Å². The number of aromatic amines is 1. The number of hydrogen-bond acceptors (Lipinski definition) is 4. The molecule has 0 atom stereocenters. The van der Waals surface area contributed by atoms with Crippen molar-refractivity contribution >= 4 is 68.5 Å². The number of H-pyrrole nitrogens is 1. The van der Waals surface area contributed by atoms with Gasteiger partial charge in [0.15, 0.2) is 5.52 Å². The Labute approximate surface area is 149 Å². The quantitative estimate of drug-likeness (QED) is 0.609. The van der Waals surface area contributed by atoms with Crippen LogP contribution in [0.4, 0.5) is 11.6 Å². The van der Waals surface area contributed by atoms with E-state index in [4.69, 9.17) is 23.2 Å². The van der Waals surface area contributed by atoms with Gasteiger partial charge in [0.25, 0.3) is 5.56 Å². The average molecular weight is 450 g/mol. The minimum atomic E-state index is -0.246. The lowest BCUT2D eigenvalue weighted by Crippen LogP contribution is -2.19. The maximum absolute atomic E-state index is 12.3. The van der Waals surface area contributed by atoms with Crippen LogP contribution >= 0.6 is 45.8 Å². The van der Waals surface area contributed by atoms with E-state index in [0.717, 1.165) is 5.69 Å². The molecule has 0 aliphatic carbocycles. The summed E-state index contributed by atoms with van der Waals surface area (Å²) in [5.74, 6) is 0.404. The van der Waals surface area contributed by atoms with Crippen molar-refractivity contribution in [3.8, 4) is 0 Å². The summed E-state index contributed by atoms with van der Waals surface area (Å²) in [6.07, 6.45) is 0. The third-order valence-corrected chi connectivity index (χ3v) is 4.71. The van der Waals surface area contributed by atoms with Crippen LogP contribution in [0.15, 0.2) is 23.0 Å². The lowest BCUT2D eigenvalue weighted by Gasteiger charge is -2.18. The van der Waals surface area contributed by atoms with E-state index in [2.05, 4.69) is 37.7 Å². The molecular weight excluding hydrogens is 440 g/mol. The molecule has 0 saturated carbocycles. The number of aryl methyl sites for hydroxylation is 1. The molecule has 1 aromatic carbocycles. The molecule has 2 aromatic heterocycles. The highest BCUT2D eigenvalue weighted by Crippen LogP contribution is 2.29. The maximum Gasteiger partial charge on any atom is 0.278 e. The Balaban J connectivity index is 2.15. The van der Waals surface area contributed by atoms with Crippen LogP contribution in [0, 0.1) is 3.70 Å². The predicted molar refractivity (Wildman–Crippen MR) is 96.4 cm³/mol. The van der Waals surface area contributed by atoms with E-state index < -0.39 is 0 Å². The van der Waals surface area contributed by atoms with Crippen LogP contribution in [0.25, 0.3) is 11.0 Å². The first kappa shape index (κ1) is 15.6. The van der Waals surface area contributed by atoms with E-state index in [1.54, 1.807) is 37.2 Å². The van der Waals surface area contributed by atoms with Gasteiger partial charge in [-0.1, -0.05) is 23.2 Å². The van der Waals surface area contributed by atoms with Crippen LogP contribution in [0.5, 0.6) is 0 Å². The summed E-state index contributed by atoms with van der Waals surface area (Å²) < 4.78 is 2.19. The Morgan fingerprint density at radius 2 is 2.05 bits per heavy atom. The molecule has 22 heavy (non-hydrogen) atoms. The van der Waals surface area contributed by atoms with Crippen molar-refractivity contribution in [2.45, 2.75) is 0 Å². The Hall–Kier alpha value is -1.32. The summed E-state index contributed by atoms with van der Waals surface area (Å²) in [6, 6.07) is 5.20. The Bertz CT molecular complexity index is 936. The molecule has 3 aromatic rings. The van der Waals surface area contributed by atoms with Crippen molar-refractivity contribution in [1.82, 2.24) is 19.7 Å². The number of anilines is 2. The number of benzene rings is 1. The fraction of sp³-hybridized carbons (Fsp3) is 0.154. The van der Waals surface area contributed by atoms with E-state index in [9.17, 15) is 4.79 Å². The molecule has 6 nitrogen and oxygen atoms in total. The molecule has 0 saturated heterocycles. The van der Waals surface area contributed by atoms with Gasteiger partial charge in [0, 0.05) is 19.8 Å². The van der Waals surface area contributed by atoms with Crippen LogP contribution in [0.3, 0.4) is 0 Å². The normalized spacial score (nSPS) is 11.1. The smallest absolute Gasteiger partial charge is 0.278 e. The Kier molecular flexibility index (Phi) is 4.04. The minimum Gasteiger partial charge on any atom is -0.315 e. The zero-order valence-electron chi connectivity index (χ0n) is 11.6. The monoisotopic (exact) mass is 449 g/mol. The lowest BCUT2D eigenvalue weighted by molar-refractivity contribution is 0.783. The topological polar surface area (TPSA) is 66.8 Å². The highest BCUT2D eigenvalue weighted by Gasteiger charge is 2.16. The summed E-state index contributed by atoms with van der Waals surface area (Å²) in [7, 11) is 3.50. The van der Waals surface area contributed by atoms with Gasteiger partial charge in [-0.3, -0.25) is 14.5 Å². The number of aromatic nitrogens is 4. The predicted octanol–water partition coefficient (Wildman–Crippen LogP) is 3.34. The van der Waals surface area contributed by atoms with Gasteiger partial charge >= 0.3 is 0 Å². The molecule has 0 aliphatic heterocycles. The zero-order valence-corrected chi connectivity index (χ0v) is 15.2. The first-order chi connectivity index (χ1) is 10.4. The van der Waals surface area contributed by atoms with Gasteiger partial charge in [0.05, 0.1) is 10.0 Å². The fourth-order valence-corrected chi connectivity index (χ4v) is 3.10. The SMILES string of the molecule is CN(c1ccc(Cl)c(Cl)c1)c1nc2c(I)nn(C)c2c(=O)[nH]1. The van der Waals surface area contributed by atoms with Crippen molar-refractivity contribution in [1.29, 1.82) is 0 Å². The first-order valence-corrected chi connectivity index (χ1v) is 8.03. The minimum absolute atomic E-state index is 0.246. The lowest BCUT2D eigenvalue weighted by atomic mass is 10.3. The molecule has 0 bridgehead atoms. The van der Waals surface area contributed by atoms with Gasteiger partial charge in [-0.15, -0.1) is 0 Å². The molecule has 3 rings (SSSR count). The van der Waals surface area contributed by atoms with Crippen LogP contribution < -0.4 is 10.5 Å². The second-order valence-electron chi connectivity index (χ2n) is 4.66. The van der Waals surface area contributed by atoms with Crippen molar-refractivity contribution < 1.29 is 0 Å². The molecule has 0 unspecified atom stereocenters. The van der Waals surface area contributed by atoms with Crippen molar-refractivity contribution in [3.63, 3.8) is 0 Å². The maximum atomic E-state index is 12.3. The molecule has 0 fully saturated rings. The molecule has 9 heteroatoms. The first-order valence-electron chi connectivity index (χ1n) is 6.20. The number of rotatable bonds is 2. The summed E-state index contributed by atoms with van der Waals surface area (Å²) in [5.41, 5.74) is 1.52. The molecule has 1 N–H and O–H groups in total. The van der Waals surface area contributed by atoms with Crippen LogP contribution in [0.1, 0.15) is 0 Å². The molecule has 0 aliphatic rings. The van der Waals surface area contributed by atoms with Gasteiger partial charge in [-0.05, 0) is 40.8 Å². The summed E-state index contributed by atoms with van der Waals surface area (Å²) >= 11 is 14.0. The summed E-state index contributed by atoms with van der Waals surface area (Å²) in [5, 5.41) is 5.12. The second-order valence-corrected chi connectivity index (χ2v) is 6.49. The molecule has 114 valence electrons. The van der Waals surface area contributed by atoms with Gasteiger partial charge in [-0.25, -0.2) is 4.98 Å². The number of nitrogens with zero attached hydrogens (tertiary/aromatic N) is 4. The third-order valence-electron chi connectivity index (χ3n) is 3.25. The van der Waals surface area contributed by atoms with Crippen LogP contribution in [0.2, 0.25) is 10.0 Å². The van der Waals surface area contributed by atoms with Gasteiger partial charge < -0.3 is 4.90 Å². The number of hydrogen-bond donors (Lipinski definition) is 1. The molecule has 0 radical (unpaired) electrons. The Morgan fingerprint density at radius 1 is 1.32 bits per heavy atom. The number of halogens is 3. The van der Waals surface area contributed by atoms with Crippen molar-refractivity contribution in [2.24, 2.45) is 7.05 Å². The van der Waals surface area contributed by atoms with E-state index >= 15 is 0 Å². The molecule has 0 amide bonds. The average Bonchev–Trinajstić information content (AvgIpc) is 2.76. The highest BCUT2D eigenvalue weighted by atomic mass is 127. The summed E-state index contributed by atoms with van der Waals surface area (Å²) in [6.45, 7) is 0. The third kappa shape index (κ3) is 2.57. The molecular formula is C13H10Cl2IN5O. The highest BCUT2D eigenvalue weighted by molar-refractivity contribution is 14.1. The van der Waals surface area contributed by atoms with E-state index in [1.165, 1.54) is 4.68 Å². The Morgan fingerprint density at radius 3 is 2.73 bits per heavy atom. The standard InChI is InChI=1S/C13H10Cl2IN5O/c1-20(6-3-4-7(14)8(15)5-6)13-17-9-10(12(22)18-13)21(2)19-11(9)16/h3-5H,1-2H3,(H,17,18,22). The number of nitrogens with one attached hydrogen (secondary N) is 1. The second kappa shape index (κ2) is 5.71. The fourth-order valence-electron chi connectivity index (χ4n) is 2.10. The van der Waals surface area contributed by atoms with E-state index in [-0.39, 0.29) is 5.56 Å². The summed E-state index contributed by atoms with van der Waals surface area (Å²) in [4.78, 5) is 21.2. The van der Waals surface area contributed by atoms with Crippen molar-refractivity contribution in [2.75, 3.05) is 11.9 Å². The van der Waals surface area contributed by atoms with Gasteiger partial charge in [-0.2, -0.15) is 5.10 Å². The van der Waals surface area contributed by atoms with Crippen molar-refractivity contribution in [3.05, 3.63) is 42.3 Å². The zero-order chi connectivity index (χ0) is 16.0. The van der Waals surface area contributed by atoms with E-state index in [1.807, 2.05) is 0 Å². The molecule has 2 heterocycles. The van der Waals surface area contributed by atoms with Gasteiger partial charge in [0.1, 0.15) is 9.22 Å². The van der Waals surface area contributed by atoms with Crippen LogP contribution in [-0.2, 0) is 7.05 Å². The number of fused-ring (bicyclic) bond motifs is 1. The molecule has 0 spiro atoms. The van der Waals surface area contributed by atoms with Crippen LogP contribution in [-0.4, -0.2) is 26.8 Å².